The van der Waals surface area contributed by atoms with Gasteiger partial charge in [-0.25, -0.2) is 0 Å². The topological polar surface area (TPSA) is 17.1 Å². The smallest absolute Gasteiger partial charge is 0.174 e. The standard InChI is InChI=1S/C14H10OS2/c15-11-7-16-13-5-9-8-3-1-2-4-12(8)17-14(9)6-10(11)13/h1-6,8,12H,7H2. The fourth-order valence-corrected chi connectivity index (χ4v) is 4.97. The van der Waals surface area contributed by atoms with Crippen molar-refractivity contribution in [3.8, 4) is 0 Å². The molecule has 3 aliphatic rings. The first-order valence-corrected chi connectivity index (χ1v) is 7.55. The number of ketones is 1. The quantitative estimate of drug-likeness (QED) is 0.707. The van der Waals surface area contributed by atoms with Gasteiger partial charge in [0, 0.05) is 26.5 Å². The molecule has 1 aromatic rings. The molecule has 0 N–H and O–H groups in total. The second kappa shape index (κ2) is 3.53. The zero-order chi connectivity index (χ0) is 11.4. The number of rotatable bonds is 0. The van der Waals surface area contributed by atoms with Crippen molar-refractivity contribution in [1.29, 1.82) is 0 Å². The Morgan fingerprint density at radius 1 is 1.12 bits per heavy atom. The maximum absolute atomic E-state index is 11.7. The summed E-state index contributed by atoms with van der Waals surface area (Å²) in [6, 6.07) is 4.35. The van der Waals surface area contributed by atoms with Crippen LogP contribution in [0.5, 0.6) is 0 Å². The fourth-order valence-electron chi connectivity index (χ4n) is 2.62. The SMILES string of the molecule is O=C1CSc2cc3c(cc21)SC1C=CC=CC31. The summed E-state index contributed by atoms with van der Waals surface area (Å²) < 4.78 is 0. The van der Waals surface area contributed by atoms with E-state index in [4.69, 9.17) is 0 Å². The van der Waals surface area contributed by atoms with Crippen LogP contribution in [0.3, 0.4) is 0 Å². The summed E-state index contributed by atoms with van der Waals surface area (Å²) in [6.07, 6.45) is 8.78. The molecule has 2 atom stereocenters. The summed E-state index contributed by atoms with van der Waals surface area (Å²) in [5, 5.41) is 0.526. The van der Waals surface area contributed by atoms with E-state index >= 15 is 0 Å². The molecule has 2 aliphatic heterocycles. The number of carbonyl (C=O) groups excluding carboxylic acids is 1. The summed E-state index contributed by atoms with van der Waals surface area (Å²) in [7, 11) is 0. The highest BCUT2D eigenvalue weighted by molar-refractivity contribution is 8.01. The maximum atomic E-state index is 11.7. The van der Waals surface area contributed by atoms with Crippen molar-refractivity contribution in [3.63, 3.8) is 0 Å². The van der Waals surface area contributed by atoms with Gasteiger partial charge in [0.15, 0.2) is 5.78 Å². The van der Waals surface area contributed by atoms with Gasteiger partial charge in [0.05, 0.1) is 5.75 Å². The van der Waals surface area contributed by atoms with E-state index in [1.165, 1.54) is 15.4 Å². The number of allylic oxidation sites excluding steroid dienone is 3. The molecule has 0 aromatic heterocycles. The molecule has 1 aliphatic carbocycles. The Balaban J connectivity index is 1.88. The monoisotopic (exact) mass is 258 g/mol. The molecule has 4 rings (SSSR count). The molecule has 0 amide bonds. The first-order valence-electron chi connectivity index (χ1n) is 5.68. The lowest BCUT2D eigenvalue weighted by Crippen LogP contribution is -2.06. The van der Waals surface area contributed by atoms with E-state index in [1.54, 1.807) is 11.8 Å². The number of hydrogen-bond donors (Lipinski definition) is 0. The third-order valence-electron chi connectivity index (χ3n) is 3.48. The maximum Gasteiger partial charge on any atom is 0.174 e. The van der Waals surface area contributed by atoms with Gasteiger partial charge in [0.1, 0.15) is 0 Å². The minimum atomic E-state index is 0.286. The Morgan fingerprint density at radius 2 is 2.00 bits per heavy atom. The number of carbonyl (C=O) groups is 1. The second-order valence-corrected chi connectivity index (χ2v) is 6.71. The van der Waals surface area contributed by atoms with Crippen LogP contribution in [0.4, 0.5) is 0 Å². The minimum Gasteiger partial charge on any atom is -0.293 e. The van der Waals surface area contributed by atoms with Gasteiger partial charge < -0.3 is 0 Å². The largest absolute Gasteiger partial charge is 0.293 e. The van der Waals surface area contributed by atoms with Crippen LogP contribution in [0.25, 0.3) is 0 Å². The molecule has 17 heavy (non-hydrogen) atoms. The van der Waals surface area contributed by atoms with Crippen LogP contribution in [-0.2, 0) is 0 Å². The summed E-state index contributed by atoms with van der Waals surface area (Å²) in [6.45, 7) is 0. The number of benzene rings is 1. The first kappa shape index (κ1) is 10.0. The lowest BCUT2D eigenvalue weighted by atomic mass is 9.92. The molecule has 0 bridgehead atoms. The molecule has 2 unspecified atom stereocenters. The van der Waals surface area contributed by atoms with Crippen LogP contribution in [0.2, 0.25) is 0 Å². The molecular formula is C14H10OS2. The van der Waals surface area contributed by atoms with Crippen LogP contribution < -0.4 is 0 Å². The van der Waals surface area contributed by atoms with Crippen molar-refractivity contribution >= 4 is 29.3 Å². The molecule has 2 heterocycles. The van der Waals surface area contributed by atoms with Gasteiger partial charge in [0.25, 0.3) is 0 Å². The Bertz CT molecular complexity index is 586. The van der Waals surface area contributed by atoms with E-state index in [1.807, 2.05) is 11.8 Å². The van der Waals surface area contributed by atoms with Gasteiger partial charge in [-0.15, -0.1) is 23.5 Å². The van der Waals surface area contributed by atoms with E-state index in [9.17, 15) is 4.79 Å². The Morgan fingerprint density at radius 3 is 2.94 bits per heavy atom. The highest BCUT2D eigenvalue weighted by atomic mass is 32.2. The molecule has 0 saturated heterocycles. The van der Waals surface area contributed by atoms with Gasteiger partial charge in [0.2, 0.25) is 0 Å². The summed E-state index contributed by atoms with van der Waals surface area (Å²) in [4.78, 5) is 14.2. The minimum absolute atomic E-state index is 0.286. The second-order valence-electron chi connectivity index (χ2n) is 4.48. The lowest BCUT2D eigenvalue weighted by molar-refractivity contribution is 0.102. The fraction of sp³-hybridized carbons (Fsp3) is 0.214. The predicted octanol–water partition coefficient (Wildman–Crippen LogP) is 3.66. The van der Waals surface area contributed by atoms with Gasteiger partial charge in [-0.1, -0.05) is 24.3 Å². The van der Waals surface area contributed by atoms with E-state index in [0.29, 0.717) is 16.9 Å². The van der Waals surface area contributed by atoms with Crippen LogP contribution in [0, 0.1) is 0 Å². The van der Waals surface area contributed by atoms with Crippen LogP contribution >= 0.6 is 23.5 Å². The van der Waals surface area contributed by atoms with Gasteiger partial charge in [-0.05, 0) is 17.7 Å². The number of thioether (sulfide) groups is 2. The van der Waals surface area contributed by atoms with Gasteiger partial charge >= 0.3 is 0 Å². The highest BCUT2D eigenvalue weighted by Gasteiger charge is 2.33. The average molecular weight is 258 g/mol. The summed E-state index contributed by atoms with van der Waals surface area (Å²) in [5.74, 6) is 1.41. The van der Waals surface area contributed by atoms with E-state index in [0.717, 1.165) is 5.56 Å². The average Bonchev–Trinajstić information content (AvgIpc) is 2.88. The summed E-state index contributed by atoms with van der Waals surface area (Å²) >= 11 is 3.57. The van der Waals surface area contributed by atoms with Crippen molar-refractivity contribution in [2.24, 2.45) is 0 Å². The Labute approximate surface area is 108 Å². The Hall–Kier alpha value is -0.930. The summed E-state index contributed by atoms with van der Waals surface area (Å²) in [5.41, 5.74) is 2.34. The van der Waals surface area contributed by atoms with Crippen molar-refractivity contribution in [3.05, 3.63) is 47.6 Å². The van der Waals surface area contributed by atoms with Crippen LogP contribution in [0.1, 0.15) is 21.8 Å². The lowest BCUT2D eigenvalue weighted by Gasteiger charge is -2.14. The zero-order valence-corrected chi connectivity index (χ0v) is 10.7. The van der Waals surface area contributed by atoms with Crippen molar-refractivity contribution in [2.45, 2.75) is 21.0 Å². The third kappa shape index (κ3) is 1.39. The third-order valence-corrected chi connectivity index (χ3v) is 5.86. The van der Waals surface area contributed by atoms with E-state index in [-0.39, 0.29) is 5.78 Å². The molecule has 0 fully saturated rings. The molecule has 0 saturated carbocycles. The highest BCUT2D eigenvalue weighted by Crippen LogP contribution is 2.50. The number of fused-ring (bicyclic) bond motifs is 4. The van der Waals surface area contributed by atoms with Gasteiger partial charge in [-0.2, -0.15) is 0 Å². The molecular weight excluding hydrogens is 248 g/mol. The van der Waals surface area contributed by atoms with Crippen molar-refractivity contribution in [1.82, 2.24) is 0 Å². The Kier molecular flexibility index (Phi) is 2.08. The molecule has 1 aromatic carbocycles. The van der Waals surface area contributed by atoms with E-state index < -0.39 is 0 Å². The molecule has 0 radical (unpaired) electrons. The van der Waals surface area contributed by atoms with Crippen LogP contribution in [0.15, 0.2) is 46.2 Å². The van der Waals surface area contributed by atoms with Gasteiger partial charge in [-0.3, -0.25) is 4.79 Å². The molecule has 1 nitrogen and oxygen atoms in total. The van der Waals surface area contributed by atoms with E-state index in [2.05, 4.69) is 36.4 Å². The normalized spacial score (nSPS) is 28.1. The number of hydrogen-bond acceptors (Lipinski definition) is 3. The molecule has 0 spiro atoms. The molecule has 3 heteroatoms. The van der Waals surface area contributed by atoms with Crippen LogP contribution in [-0.4, -0.2) is 16.8 Å². The predicted molar refractivity (Wildman–Crippen MR) is 72.2 cm³/mol. The number of Topliss-reactive ketones (excluding diaryl/α,β-unsaturated/α-hetero) is 1. The van der Waals surface area contributed by atoms with Crippen molar-refractivity contribution < 1.29 is 4.79 Å². The molecule has 84 valence electrons. The first-order chi connectivity index (χ1) is 8.33. The zero-order valence-electron chi connectivity index (χ0n) is 9.05. The van der Waals surface area contributed by atoms with Crippen molar-refractivity contribution in [2.75, 3.05) is 5.75 Å².